The minimum Gasteiger partial charge on any atom is -0.367 e. The van der Waals surface area contributed by atoms with Crippen molar-refractivity contribution in [2.24, 2.45) is 5.41 Å². The van der Waals surface area contributed by atoms with E-state index in [0.717, 1.165) is 29.0 Å². The summed E-state index contributed by atoms with van der Waals surface area (Å²) in [5.74, 6) is -1.21. The Morgan fingerprint density at radius 1 is 1.11 bits per heavy atom. The van der Waals surface area contributed by atoms with Gasteiger partial charge in [-0.25, -0.2) is 0 Å². The third kappa shape index (κ3) is 7.11. The minimum atomic E-state index is -5.77. The summed E-state index contributed by atoms with van der Waals surface area (Å²) < 4.78 is 46.5. The summed E-state index contributed by atoms with van der Waals surface area (Å²) in [6.07, 6.45) is 1.09. The van der Waals surface area contributed by atoms with Gasteiger partial charge in [0.1, 0.15) is 17.7 Å². The first-order chi connectivity index (χ1) is 21.8. The number of fused-ring (bicyclic) bond motifs is 1. The van der Waals surface area contributed by atoms with Gasteiger partial charge in [0.05, 0.1) is 18.0 Å². The van der Waals surface area contributed by atoms with Crippen LogP contribution in [0.1, 0.15) is 61.3 Å². The van der Waals surface area contributed by atoms with Crippen LogP contribution in [0.4, 0.5) is 8.78 Å². The molecule has 2 aromatic carbocycles. The number of nitrogens with zero attached hydrogens (tertiary/aromatic N) is 2. The highest BCUT2D eigenvalue weighted by molar-refractivity contribution is 7.52. The number of benzene rings is 2. The van der Waals surface area contributed by atoms with E-state index in [1.807, 2.05) is 19.1 Å². The number of hydrogen-bond acceptors (Lipinski definition) is 6. The lowest BCUT2D eigenvalue weighted by molar-refractivity contribution is -0.157. The summed E-state index contributed by atoms with van der Waals surface area (Å²) in [4.78, 5) is 63.1. The molecule has 10 nitrogen and oxygen atoms in total. The zero-order chi connectivity index (χ0) is 34.5. The molecule has 254 valence electrons. The number of alkyl halides is 2. The van der Waals surface area contributed by atoms with Crippen molar-refractivity contribution in [1.29, 1.82) is 0 Å². The topological polar surface area (TPSA) is 136 Å². The standard InChI is InChI=1S/C32H37ClF2N3O7PS/c1-30(2,3)26(36-27(39)25-17-19-16-21(9-12-24(19)47-25)32(34,35)46(42,43)44)29(41)38-13-5-6-23(38)28(40)37-14-15-45-31(4,18-37)20-7-10-22(33)11-8-20/h7-12,16-17,23,26H,5-6,13-15,18H2,1-4H3,(H,36,39)(H2,42,43,44)/t23-,26?,31?/m0/s1. The normalized spacial score (nSPS) is 21.6. The molecule has 2 unspecified atom stereocenters. The van der Waals surface area contributed by atoms with Gasteiger partial charge in [-0.3, -0.25) is 18.9 Å². The van der Waals surface area contributed by atoms with Gasteiger partial charge in [-0.05, 0) is 66.5 Å². The van der Waals surface area contributed by atoms with Crippen molar-refractivity contribution in [3.05, 3.63) is 69.6 Å². The Morgan fingerprint density at radius 2 is 1.79 bits per heavy atom. The van der Waals surface area contributed by atoms with E-state index in [1.54, 1.807) is 37.8 Å². The summed E-state index contributed by atoms with van der Waals surface area (Å²) in [6, 6.07) is 10.0. The van der Waals surface area contributed by atoms with Gasteiger partial charge in [0.15, 0.2) is 0 Å². The zero-order valence-electron chi connectivity index (χ0n) is 26.3. The summed E-state index contributed by atoms with van der Waals surface area (Å²) in [5.41, 5.74) is -5.91. The largest absolute Gasteiger partial charge is 0.399 e. The maximum Gasteiger partial charge on any atom is 0.399 e. The first-order valence-corrected chi connectivity index (χ1v) is 17.9. The maximum atomic E-state index is 14.3. The van der Waals surface area contributed by atoms with Crippen molar-refractivity contribution in [2.45, 2.75) is 63.9 Å². The van der Waals surface area contributed by atoms with E-state index in [9.17, 15) is 27.7 Å². The summed E-state index contributed by atoms with van der Waals surface area (Å²) in [6.45, 7) is 8.62. The molecule has 3 amide bonds. The molecule has 0 saturated carbocycles. The van der Waals surface area contributed by atoms with Crippen LogP contribution >= 0.6 is 30.5 Å². The number of amides is 3. The number of hydrogen-bond donors (Lipinski definition) is 3. The Labute approximate surface area is 280 Å². The third-order valence-corrected chi connectivity index (χ3v) is 11.1. The van der Waals surface area contributed by atoms with Gasteiger partial charge >= 0.3 is 13.3 Å². The second-order valence-electron chi connectivity index (χ2n) is 13.3. The highest BCUT2D eigenvalue weighted by Crippen LogP contribution is 2.59. The van der Waals surface area contributed by atoms with Gasteiger partial charge < -0.3 is 29.6 Å². The predicted octanol–water partition coefficient (Wildman–Crippen LogP) is 5.69. The van der Waals surface area contributed by atoms with E-state index in [-0.39, 0.29) is 16.2 Å². The molecular weight excluding hydrogens is 675 g/mol. The fraction of sp³-hybridized carbons (Fsp3) is 0.469. The average molecular weight is 712 g/mol. The molecule has 0 spiro atoms. The second-order valence-corrected chi connectivity index (χ2v) is 16.4. The fourth-order valence-corrected chi connectivity index (χ4v) is 7.61. The van der Waals surface area contributed by atoms with Crippen molar-refractivity contribution in [3.63, 3.8) is 0 Å². The van der Waals surface area contributed by atoms with Crippen LogP contribution < -0.4 is 5.32 Å². The Hall–Kier alpha value is -2.93. The van der Waals surface area contributed by atoms with Crippen molar-refractivity contribution >= 4 is 58.3 Å². The molecule has 2 fully saturated rings. The molecule has 0 radical (unpaired) electrons. The SMILES string of the molecule is CC1(c2ccc(Cl)cc2)CN(C(=O)[C@@H]2CCCN2C(=O)C(NC(=O)c2cc3cc(C(F)(F)P(=O)(O)O)ccc3s2)C(C)(C)C)CCO1. The molecular formula is C32H37ClF2N3O7PS. The minimum absolute atomic E-state index is 0.127. The maximum absolute atomic E-state index is 14.3. The Morgan fingerprint density at radius 3 is 2.43 bits per heavy atom. The lowest BCUT2D eigenvalue weighted by Crippen LogP contribution is -2.59. The number of halogens is 3. The van der Waals surface area contributed by atoms with Crippen LogP contribution in [0.3, 0.4) is 0 Å². The number of ether oxygens (including phenoxy) is 1. The lowest BCUT2D eigenvalue weighted by Gasteiger charge is -2.43. The van der Waals surface area contributed by atoms with E-state index < -0.39 is 53.7 Å². The van der Waals surface area contributed by atoms with Crippen LogP contribution in [-0.4, -0.2) is 75.6 Å². The fourth-order valence-electron chi connectivity index (χ4n) is 6.06. The van der Waals surface area contributed by atoms with Crippen molar-refractivity contribution in [1.82, 2.24) is 15.1 Å². The summed E-state index contributed by atoms with van der Waals surface area (Å²) >= 11 is 7.06. The summed E-state index contributed by atoms with van der Waals surface area (Å²) in [7, 11) is -5.77. The summed E-state index contributed by atoms with van der Waals surface area (Å²) in [5, 5.41) is 3.60. The molecule has 2 saturated heterocycles. The highest BCUT2D eigenvalue weighted by Gasteiger charge is 2.50. The Kier molecular flexibility index (Phi) is 9.66. The molecule has 2 aliphatic heterocycles. The van der Waals surface area contributed by atoms with E-state index in [2.05, 4.69) is 5.32 Å². The van der Waals surface area contributed by atoms with Crippen LogP contribution in [0.5, 0.6) is 0 Å². The highest BCUT2D eigenvalue weighted by atomic mass is 35.5. The molecule has 3 aromatic rings. The molecule has 0 aliphatic carbocycles. The Balaban J connectivity index is 1.33. The van der Waals surface area contributed by atoms with Crippen LogP contribution in [0.15, 0.2) is 48.5 Å². The van der Waals surface area contributed by atoms with Crippen LogP contribution in [0.2, 0.25) is 5.02 Å². The monoisotopic (exact) mass is 711 g/mol. The number of carbonyl (C=O) groups is 3. The molecule has 2 aliphatic rings. The predicted molar refractivity (Wildman–Crippen MR) is 175 cm³/mol. The van der Waals surface area contributed by atoms with Gasteiger partial charge in [0.2, 0.25) is 11.8 Å². The van der Waals surface area contributed by atoms with Crippen LogP contribution in [0.25, 0.3) is 10.1 Å². The molecule has 5 rings (SSSR count). The number of nitrogens with one attached hydrogen (secondary N) is 1. The van der Waals surface area contributed by atoms with Gasteiger partial charge in [-0.2, -0.15) is 8.78 Å². The van der Waals surface area contributed by atoms with E-state index >= 15 is 0 Å². The number of carbonyl (C=O) groups excluding carboxylic acids is 3. The molecule has 1 aromatic heterocycles. The van der Waals surface area contributed by atoms with Crippen molar-refractivity contribution in [2.75, 3.05) is 26.2 Å². The second kappa shape index (κ2) is 12.8. The number of rotatable bonds is 7. The van der Waals surface area contributed by atoms with Gasteiger partial charge in [-0.1, -0.05) is 50.6 Å². The first kappa shape index (κ1) is 35.4. The first-order valence-electron chi connectivity index (χ1n) is 15.1. The molecule has 3 heterocycles. The van der Waals surface area contributed by atoms with E-state index in [4.69, 9.17) is 26.1 Å². The van der Waals surface area contributed by atoms with E-state index in [0.29, 0.717) is 48.8 Å². The molecule has 47 heavy (non-hydrogen) atoms. The Bertz CT molecular complexity index is 1740. The smallest absolute Gasteiger partial charge is 0.367 e. The molecule has 0 bridgehead atoms. The van der Waals surface area contributed by atoms with Gasteiger partial charge in [-0.15, -0.1) is 11.3 Å². The van der Waals surface area contributed by atoms with Gasteiger partial charge in [0.25, 0.3) is 5.91 Å². The van der Waals surface area contributed by atoms with Crippen LogP contribution in [-0.2, 0) is 30.2 Å². The number of likely N-dealkylation sites (tertiary alicyclic amines) is 1. The van der Waals surface area contributed by atoms with E-state index in [1.165, 1.54) is 17.0 Å². The number of thiophene rings is 1. The molecule has 3 N–H and O–H groups in total. The zero-order valence-corrected chi connectivity index (χ0v) is 28.8. The molecule has 3 atom stereocenters. The quantitative estimate of drug-likeness (QED) is 0.268. The number of morpholine rings is 1. The third-order valence-electron chi connectivity index (χ3n) is 8.70. The molecule has 15 heteroatoms. The van der Waals surface area contributed by atoms with Crippen LogP contribution in [0, 0.1) is 5.41 Å². The average Bonchev–Trinajstić information content (AvgIpc) is 3.66. The van der Waals surface area contributed by atoms with Crippen molar-refractivity contribution in [3.8, 4) is 0 Å². The lowest BCUT2D eigenvalue weighted by atomic mass is 9.85. The van der Waals surface area contributed by atoms with Gasteiger partial charge in [0, 0.05) is 28.4 Å². The van der Waals surface area contributed by atoms with Crippen molar-refractivity contribution < 1.29 is 42.3 Å².